The summed E-state index contributed by atoms with van der Waals surface area (Å²) in [5.74, 6) is 0. The lowest BCUT2D eigenvalue weighted by Crippen LogP contribution is -2.31. The van der Waals surface area contributed by atoms with E-state index < -0.39 is 11.0 Å². The number of nitro benzene ring substituents is 1. The molecule has 0 heterocycles. The van der Waals surface area contributed by atoms with Crippen LogP contribution < -0.4 is 10.2 Å². The number of hydrogen-bond donors (Lipinski definition) is 2. The van der Waals surface area contributed by atoms with E-state index in [-0.39, 0.29) is 12.3 Å². The minimum atomic E-state index is -0.646. The Morgan fingerprint density at radius 3 is 2.75 bits per heavy atom. The number of ether oxygens (including phenoxy) is 1. The lowest BCUT2D eigenvalue weighted by Gasteiger charge is -2.23. The van der Waals surface area contributed by atoms with Crippen LogP contribution in [-0.2, 0) is 4.74 Å². The van der Waals surface area contributed by atoms with E-state index in [1.807, 2.05) is 13.0 Å². The molecule has 0 radical (unpaired) electrons. The molecule has 1 atom stereocenters. The van der Waals surface area contributed by atoms with Crippen LogP contribution in [0.3, 0.4) is 0 Å². The molecule has 1 rings (SSSR count). The summed E-state index contributed by atoms with van der Waals surface area (Å²) in [5.41, 5.74) is 1.38. The molecule has 0 aliphatic rings. The second kappa shape index (κ2) is 7.66. The number of nitro groups is 1. The molecule has 7 heteroatoms. The van der Waals surface area contributed by atoms with Crippen molar-refractivity contribution in [3.63, 3.8) is 0 Å². The van der Waals surface area contributed by atoms with Crippen molar-refractivity contribution in [2.24, 2.45) is 0 Å². The molecule has 0 bridgehead atoms. The Kier molecular flexibility index (Phi) is 6.20. The van der Waals surface area contributed by atoms with E-state index >= 15 is 0 Å². The Morgan fingerprint density at radius 2 is 2.20 bits per heavy atom. The molecule has 0 aromatic heterocycles. The number of aliphatic hydroxyl groups is 1. The van der Waals surface area contributed by atoms with Crippen molar-refractivity contribution in [2.45, 2.75) is 13.0 Å². The van der Waals surface area contributed by atoms with Crippen LogP contribution in [0.5, 0.6) is 0 Å². The summed E-state index contributed by atoms with van der Waals surface area (Å²) in [6.07, 6.45) is -0.646. The van der Waals surface area contributed by atoms with Gasteiger partial charge in [0.15, 0.2) is 0 Å². The van der Waals surface area contributed by atoms with Crippen molar-refractivity contribution in [3.8, 4) is 0 Å². The molecule has 0 fully saturated rings. The number of hydrogen-bond acceptors (Lipinski definition) is 6. The molecule has 20 heavy (non-hydrogen) atoms. The third-order valence-electron chi connectivity index (χ3n) is 2.78. The molecule has 7 nitrogen and oxygen atoms in total. The summed E-state index contributed by atoms with van der Waals surface area (Å²) >= 11 is 0. The first-order chi connectivity index (χ1) is 9.47. The maximum Gasteiger partial charge on any atom is 0.273 e. The number of anilines is 2. The van der Waals surface area contributed by atoms with Gasteiger partial charge in [-0.2, -0.15) is 0 Å². The van der Waals surface area contributed by atoms with Crippen molar-refractivity contribution in [2.75, 3.05) is 44.1 Å². The van der Waals surface area contributed by atoms with Gasteiger partial charge >= 0.3 is 0 Å². The van der Waals surface area contributed by atoms with Crippen LogP contribution in [0.1, 0.15) is 6.92 Å². The van der Waals surface area contributed by atoms with E-state index in [2.05, 4.69) is 5.32 Å². The van der Waals surface area contributed by atoms with Crippen molar-refractivity contribution in [1.29, 1.82) is 0 Å². The van der Waals surface area contributed by atoms with Gasteiger partial charge < -0.3 is 20.1 Å². The van der Waals surface area contributed by atoms with E-state index in [0.717, 1.165) is 0 Å². The van der Waals surface area contributed by atoms with Gasteiger partial charge in [-0.15, -0.1) is 0 Å². The fourth-order valence-electron chi connectivity index (χ4n) is 1.89. The van der Waals surface area contributed by atoms with Gasteiger partial charge in [-0.3, -0.25) is 10.1 Å². The summed E-state index contributed by atoms with van der Waals surface area (Å²) in [5, 5.41) is 23.7. The van der Waals surface area contributed by atoms with Crippen LogP contribution in [0.25, 0.3) is 0 Å². The lowest BCUT2D eigenvalue weighted by molar-refractivity contribution is -0.384. The molecule has 0 amide bonds. The molecule has 0 saturated heterocycles. The summed E-state index contributed by atoms with van der Waals surface area (Å²) in [6, 6.07) is 4.79. The highest BCUT2D eigenvalue weighted by molar-refractivity contribution is 5.64. The van der Waals surface area contributed by atoms with Crippen LogP contribution >= 0.6 is 0 Å². The van der Waals surface area contributed by atoms with Crippen LogP contribution in [0.2, 0.25) is 0 Å². The quantitative estimate of drug-likeness (QED) is 0.555. The van der Waals surface area contributed by atoms with Crippen LogP contribution in [-0.4, -0.2) is 50.0 Å². The van der Waals surface area contributed by atoms with Gasteiger partial charge in [0.2, 0.25) is 0 Å². The number of nitrogens with one attached hydrogen (secondary N) is 1. The van der Waals surface area contributed by atoms with Gasteiger partial charge in [-0.1, -0.05) is 0 Å². The van der Waals surface area contributed by atoms with Gasteiger partial charge in [0.25, 0.3) is 5.69 Å². The average Bonchev–Trinajstić information content (AvgIpc) is 2.38. The van der Waals surface area contributed by atoms with Gasteiger partial charge in [-0.25, -0.2) is 0 Å². The molecule has 0 saturated carbocycles. The zero-order valence-corrected chi connectivity index (χ0v) is 12.0. The molecule has 0 aliphatic carbocycles. The SMILES string of the molecule is CCNc1cc(N(C)CC(O)COC)cc([N+](=O)[O-])c1. The largest absolute Gasteiger partial charge is 0.389 e. The second-order valence-corrected chi connectivity index (χ2v) is 4.52. The number of rotatable bonds is 8. The van der Waals surface area contributed by atoms with Crippen LogP contribution in [0.15, 0.2) is 18.2 Å². The number of likely N-dealkylation sites (N-methyl/N-ethyl adjacent to an activating group) is 1. The minimum Gasteiger partial charge on any atom is -0.389 e. The third-order valence-corrected chi connectivity index (χ3v) is 2.78. The first-order valence-corrected chi connectivity index (χ1v) is 6.39. The molecule has 1 aromatic carbocycles. The molecule has 2 N–H and O–H groups in total. The van der Waals surface area contributed by atoms with Gasteiger partial charge in [0, 0.05) is 50.8 Å². The number of benzene rings is 1. The highest BCUT2D eigenvalue weighted by Gasteiger charge is 2.14. The monoisotopic (exact) mass is 283 g/mol. The van der Waals surface area contributed by atoms with E-state index in [1.54, 1.807) is 11.9 Å². The zero-order chi connectivity index (χ0) is 15.1. The third kappa shape index (κ3) is 4.67. The van der Waals surface area contributed by atoms with Crippen molar-refractivity contribution < 1.29 is 14.8 Å². The predicted octanol–water partition coefficient (Wildman–Crippen LogP) is 1.47. The molecule has 1 unspecified atom stereocenters. The first-order valence-electron chi connectivity index (χ1n) is 6.39. The normalized spacial score (nSPS) is 12.0. The minimum absolute atomic E-state index is 0.0199. The van der Waals surface area contributed by atoms with Crippen molar-refractivity contribution >= 4 is 17.1 Å². The number of non-ortho nitro benzene ring substituents is 1. The molecular formula is C13H21N3O4. The smallest absolute Gasteiger partial charge is 0.273 e. The summed E-state index contributed by atoms with van der Waals surface area (Å²) in [7, 11) is 3.29. The zero-order valence-electron chi connectivity index (χ0n) is 12.0. The Balaban J connectivity index is 2.94. The maximum absolute atomic E-state index is 10.9. The van der Waals surface area contributed by atoms with Gasteiger partial charge in [0.1, 0.15) is 0 Å². The maximum atomic E-state index is 10.9. The molecule has 0 spiro atoms. The average molecular weight is 283 g/mol. The Bertz CT molecular complexity index is 453. The number of nitrogens with zero attached hydrogens (tertiary/aromatic N) is 2. The summed E-state index contributed by atoms with van der Waals surface area (Å²) in [4.78, 5) is 12.3. The van der Waals surface area contributed by atoms with Crippen LogP contribution in [0, 0.1) is 10.1 Å². The predicted molar refractivity (Wildman–Crippen MR) is 78.4 cm³/mol. The molecule has 1 aromatic rings. The van der Waals surface area contributed by atoms with Gasteiger partial charge in [-0.05, 0) is 13.0 Å². The number of methoxy groups -OCH3 is 1. The van der Waals surface area contributed by atoms with Gasteiger partial charge in [0.05, 0.1) is 17.6 Å². The Morgan fingerprint density at radius 1 is 1.50 bits per heavy atom. The number of aliphatic hydroxyl groups excluding tert-OH is 1. The highest BCUT2D eigenvalue weighted by Crippen LogP contribution is 2.26. The Labute approximate surface area is 118 Å². The van der Waals surface area contributed by atoms with Crippen molar-refractivity contribution in [1.82, 2.24) is 0 Å². The molecule has 112 valence electrons. The summed E-state index contributed by atoms with van der Waals surface area (Å²) in [6.45, 7) is 3.15. The molecule has 0 aliphatic heterocycles. The molecular weight excluding hydrogens is 262 g/mol. The highest BCUT2D eigenvalue weighted by atomic mass is 16.6. The fourth-order valence-corrected chi connectivity index (χ4v) is 1.89. The van der Waals surface area contributed by atoms with E-state index in [1.165, 1.54) is 19.2 Å². The lowest BCUT2D eigenvalue weighted by atomic mass is 10.2. The van der Waals surface area contributed by atoms with E-state index in [9.17, 15) is 15.2 Å². The fraction of sp³-hybridized carbons (Fsp3) is 0.538. The van der Waals surface area contributed by atoms with E-state index in [4.69, 9.17) is 4.74 Å². The van der Waals surface area contributed by atoms with Crippen molar-refractivity contribution in [3.05, 3.63) is 28.3 Å². The Hall–Kier alpha value is -1.86. The van der Waals surface area contributed by atoms with Crippen LogP contribution in [0.4, 0.5) is 17.1 Å². The van der Waals surface area contributed by atoms with E-state index in [0.29, 0.717) is 24.5 Å². The first kappa shape index (κ1) is 16.2. The summed E-state index contributed by atoms with van der Waals surface area (Å²) < 4.78 is 4.87. The standard InChI is InChI=1S/C13H21N3O4/c1-4-14-10-5-11(7-12(6-10)16(18)19)15(2)8-13(17)9-20-3/h5-7,13-14,17H,4,8-9H2,1-3H3. The second-order valence-electron chi connectivity index (χ2n) is 4.52. The topological polar surface area (TPSA) is 87.9 Å².